The van der Waals surface area contributed by atoms with Crippen LogP contribution in [0.5, 0.6) is 0 Å². The van der Waals surface area contributed by atoms with Crippen LogP contribution < -0.4 is 5.32 Å². The lowest BCUT2D eigenvalue weighted by molar-refractivity contribution is -0.129. The number of aliphatic carboxylic acids is 1. The quantitative estimate of drug-likeness (QED) is 0.811. The number of anilines is 1. The number of carbonyl (C=O) groups is 2. The number of rotatable bonds is 3. The molecule has 88 valence electrons. The van der Waals surface area contributed by atoms with Gasteiger partial charge in [0, 0.05) is 12.1 Å². The fourth-order valence-corrected chi connectivity index (χ4v) is 1.39. The summed E-state index contributed by atoms with van der Waals surface area (Å²) in [6.45, 7) is 0. The molecule has 6 heteroatoms. The summed E-state index contributed by atoms with van der Waals surface area (Å²) in [5.41, 5.74) is 0.489. The number of benzene rings is 1. The Bertz CT molecular complexity index is 470. The van der Waals surface area contributed by atoms with Crippen molar-refractivity contribution in [3.05, 3.63) is 30.3 Å². The van der Waals surface area contributed by atoms with Crippen molar-refractivity contribution in [2.45, 2.75) is 12.5 Å². The van der Waals surface area contributed by atoms with Crippen LogP contribution in [0.25, 0.3) is 0 Å². The molecule has 0 aromatic heterocycles. The summed E-state index contributed by atoms with van der Waals surface area (Å²) in [6.07, 6.45) is -0.894. The maximum absolute atomic E-state index is 11.7. The molecule has 1 atom stereocenters. The number of hydrogen-bond donors (Lipinski definition) is 2. The van der Waals surface area contributed by atoms with Crippen molar-refractivity contribution in [3.63, 3.8) is 0 Å². The third kappa shape index (κ3) is 2.60. The van der Waals surface area contributed by atoms with E-state index in [1.165, 1.54) is 0 Å². The van der Waals surface area contributed by atoms with Crippen LogP contribution >= 0.6 is 0 Å². The molecule has 1 amide bonds. The summed E-state index contributed by atoms with van der Waals surface area (Å²) in [5.74, 6) is -1.57. The molecule has 0 fully saturated rings. The lowest BCUT2D eigenvalue weighted by atomic mass is 10.1. The van der Waals surface area contributed by atoms with Crippen molar-refractivity contribution in [1.29, 1.82) is 0 Å². The van der Waals surface area contributed by atoms with Crippen molar-refractivity contribution in [1.82, 2.24) is 0 Å². The molecule has 0 radical (unpaired) electrons. The number of hydrogen-bond acceptors (Lipinski definition) is 4. The van der Waals surface area contributed by atoms with Crippen LogP contribution in [0.4, 0.5) is 5.69 Å². The number of oxime groups is 1. The van der Waals surface area contributed by atoms with Crippen molar-refractivity contribution in [2.24, 2.45) is 5.16 Å². The number of amides is 1. The van der Waals surface area contributed by atoms with Gasteiger partial charge in [-0.15, -0.1) is 0 Å². The minimum Gasteiger partial charge on any atom is -0.477 e. The van der Waals surface area contributed by atoms with Crippen LogP contribution in [-0.2, 0) is 14.4 Å². The lowest BCUT2D eigenvalue weighted by Crippen LogP contribution is -2.28. The third-order valence-corrected chi connectivity index (χ3v) is 2.25. The summed E-state index contributed by atoms with van der Waals surface area (Å²) in [6, 6.07) is 8.85. The Hall–Kier alpha value is -2.37. The fraction of sp³-hybridized carbons (Fsp3) is 0.182. The molecule has 1 aromatic carbocycles. The Morgan fingerprint density at radius 3 is 2.65 bits per heavy atom. The molecule has 17 heavy (non-hydrogen) atoms. The molecule has 1 heterocycles. The highest BCUT2D eigenvalue weighted by Crippen LogP contribution is 2.14. The second-order valence-corrected chi connectivity index (χ2v) is 3.50. The highest BCUT2D eigenvalue weighted by atomic mass is 16.6. The van der Waals surface area contributed by atoms with Crippen LogP contribution in [0, 0.1) is 0 Å². The largest absolute Gasteiger partial charge is 0.477 e. The van der Waals surface area contributed by atoms with Crippen molar-refractivity contribution < 1.29 is 19.5 Å². The highest BCUT2D eigenvalue weighted by molar-refractivity contribution is 6.36. The van der Waals surface area contributed by atoms with E-state index in [1.807, 2.05) is 6.07 Å². The molecule has 0 saturated carbocycles. The first-order valence-electron chi connectivity index (χ1n) is 4.98. The van der Waals surface area contributed by atoms with E-state index >= 15 is 0 Å². The second-order valence-electron chi connectivity index (χ2n) is 3.50. The molecule has 2 rings (SSSR count). The second kappa shape index (κ2) is 4.65. The van der Waals surface area contributed by atoms with Gasteiger partial charge in [-0.2, -0.15) is 0 Å². The zero-order valence-electron chi connectivity index (χ0n) is 8.79. The van der Waals surface area contributed by atoms with E-state index in [2.05, 4.69) is 10.5 Å². The van der Waals surface area contributed by atoms with Gasteiger partial charge in [-0.3, -0.25) is 4.79 Å². The van der Waals surface area contributed by atoms with Crippen LogP contribution in [0.15, 0.2) is 35.5 Å². The van der Waals surface area contributed by atoms with E-state index in [-0.39, 0.29) is 12.1 Å². The summed E-state index contributed by atoms with van der Waals surface area (Å²) in [4.78, 5) is 27.0. The molecular weight excluding hydrogens is 224 g/mol. The topological polar surface area (TPSA) is 88.0 Å². The monoisotopic (exact) mass is 234 g/mol. The van der Waals surface area contributed by atoms with E-state index in [0.717, 1.165) is 0 Å². The maximum Gasteiger partial charge on any atom is 0.353 e. The van der Waals surface area contributed by atoms with Gasteiger partial charge < -0.3 is 15.3 Å². The third-order valence-electron chi connectivity index (χ3n) is 2.25. The van der Waals surface area contributed by atoms with E-state index < -0.39 is 18.0 Å². The average Bonchev–Trinajstić information content (AvgIpc) is 2.79. The first-order valence-corrected chi connectivity index (χ1v) is 4.98. The fourth-order valence-electron chi connectivity index (χ4n) is 1.39. The average molecular weight is 234 g/mol. The first-order chi connectivity index (χ1) is 8.16. The number of carbonyl (C=O) groups excluding carboxylic acids is 1. The highest BCUT2D eigenvalue weighted by Gasteiger charge is 2.31. The van der Waals surface area contributed by atoms with Crippen LogP contribution in [0.2, 0.25) is 0 Å². The van der Waals surface area contributed by atoms with Crippen LogP contribution in [0.1, 0.15) is 6.42 Å². The Labute approximate surface area is 96.9 Å². The zero-order valence-corrected chi connectivity index (χ0v) is 8.79. The Morgan fingerprint density at radius 1 is 1.35 bits per heavy atom. The Morgan fingerprint density at radius 2 is 2.06 bits per heavy atom. The molecule has 1 aliphatic rings. The molecule has 0 spiro atoms. The molecule has 0 aliphatic carbocycles. The molecule has 2 N–H and O–H groups in total. The van der Waals surface area contributed by atoms with E-state index in [9.17, 15) is 9.59 Å². The van der Waals surface area contributed by atoms with E-state index in [4.69, 9.17) is 9.94 Å². The van der Waals surface area contributed by atoms with E-state index in [1.54, 1.807) is 24.3 Å². The Balaban J connectivity index is 1.93. The van der Waals surface area contributed by atoms with Gasteiger partial charge in [0.25, 0.3) is 5.91 Å². The minimum absolute atomic E-state index is 0.0198. The maximum atomic E-state index is 11.7. The zero-order chi connectivity index (χ0) is 12.3. The predicted molar refractivity (Wildman–Crippen MR) is 59.6 cm³/mol. The van der Waals surface area contributed by atoms with E-state index in [0.29, 0.717) is 5.69 Å². The van der Waals surface area contributed by atoms with Gasteiger partial charge in [0.2, 0.25) is 6.10 Å². The summed E-state index contributed by atoms with van der Waals surface area (Å²) < 4.78 is 0. The summed E-state index contributed by atoms with van der Waals surface area (Å²) >= 11 is 0. The molecule has 0 saturated heterocycles. The predicted octanol–water partition coefficient (Wildman–Crippen LogP) is 0.855. The van der Waals surface area contributed by atoms with Crippen LogP contribution in [-0.4, -0.2) is 28.8 Å². The molecule has 6 nitrogen and oxygen atoms in total. The Kier molecular flexibility index (Phi) is 3.04. The van der Waals surface area contributed by atoms with Gasteiger partial charge in [0.15, 0.2) is 5.71 Å². The van der Waals surface area contributed by atoms with Gasteiger partial charge in [0.1, 0.15) is 0 Å². The lowest BCUT2D eigenvalue weighted by Gasteiger charge is -2.08. The number of para-hydroxylation sites is 1. The standard InChI is InChI=1S/C11H10N2O4/c14-10(12-7-4-2-1-3-5-7)9-6-8(11(15)16)13-17-9/h1-5,9H,6H2,(H,12,14)(H,15,16). The number of carboxylic acids is 1. The van der Waals surface area contributed by atoms with Crippen molar-refractivity contribution in [2.75, 3.05) is 5.32 Å². The van der Waals surface area contributed by atoms with Gasteiger partial charge in [-0.25, -0.2) is 4.79 Å². The summed E-state index contributed by atoms with van der Waals surface area (Å²) in [5, 5.41) is 14.6. The van der Waals surface area contributed by atoms with Gasteiger partial charge >= 0.3 is 5.97 Å². The molecule has 1 unspecified atom stereocenters. The number of nitrogens with one attached hydrogen (secondary N) is 1. The molecule has 1 aliphatic heterocycles. The van der Waals surface area contributed by atoms with Gasteiger partial charge in [-0.05, 0) is 12.1 Å². The SMILES string of the molecule is O=C(O)C1=NOC(C(=O)Nc2ccccc2)C1. The normalized spacial score (nSPS) is 18.1. The van der Waals surface area contributed by atoms with Gasteiger partial charge in [0.05, 0.1) is 0 Å². The van der Waals surface area contributed by atoms with Crippen LogP contribution in [0.3, 0.4) is 0 Å². The summed E-state index contributed by atoms with van der Waals surface area (Å²) in [7, 11) is 0. The number of carboxylic acid groups (broad SMARTS) is 1. The van der Waals surface area contributed by atoms with Gasteiger partial charge in [-0.1, -0.05) is 23.4 Å². The minimum atomic E-state index is -1.17. The number of nitrogens with zero attached hydrogens (tertiary/aromatic N) is 1. The van der Waals surface area contributed by atoms with Crippen molar-refractivity contribution >= 4 is 23.3 Å². The first kappa shape index (κ1) is 11.1. The molecule has 1 aromatic rings. The molecular formula is C11H10N2O4. The molecule has 0 bridgehead atoms. The van der Waals surface area contributed by atoms with Crippen molar-refractivity contribution in [3.8, 4) is 0 Å². The smallest absolute Gasteiger partial charge is 0.353 e.